The predicted octanol–water partition coefficient (Wildman–Crippen LogP) is 0.869. The first-order valence-corrected chi connectivity index (χ1v) is 5.03. The molecule has 3 nitrogen and oxygen atoms in total. The van der Waals surface area contributed by atoms with Crippen LogP contribution in [-0.4, -0.2) is 9.97 Å². The van der Waals surface area contributed by atoms with Gasteiger partial charge in [-0.05, 0) is 19.8 Å². The second-order valence-corrected chi connectivity index (χ2v) is 3.38. The molecule has 0 radical (unpaired) electrons. The summed E-state index contributed by atoms with van der Waals surface area (Å²) in [4.78, 5) is 8.55. The van der Waals surface area contributed by atoms with Gasteiger partial charge in [0.1, 0.15) is 5.82 Å². The lowest BCUT2D eigenvalue weighted by Gasteiger charge is -2.03. The second kappa shape index (κ2) is 3.61. The molecule has 1 aliphatic rings. The van der Waals surface area contributed by atoms with Gasteiger partial charge in [0.15, 0.2) is 23.0 Å². The van der Waals surface area contributed by atoms with Crippen molar-refractivity contribution in [3.63, 3.8) is 0 Å². The van der Waals surface area contributed by atoms with E-state index in [4.69, 9.17) is 3.07 Å². The molecule has 0 unspecified atom stereocenters. The third-order valence-electron chi connectivity index (χ3n) is 1.98. The molecule has 0 fully saturated rings. The van der Waals surface area contributed by atoms with Crippen LogP contribution in [0.2, 0.25) is 0 Å². The number of fused-ring (bicyclic) bond motifs is 1. The van der Waals surface area contributed by atoms with Crippen molar-refractivity contribution in [3.8, 4) is 5.88 Å². The van der Waals surface area contributed by atoms with E-state index in [0.717, 1.165) is 29.2 Å². The molecule has 0 saturated heterocycles. The van der Waals surface area contributed by atoms with E-state index in [2.05, 4.69) is 22.1 Å². The number of aryl methyl sites for hydroxylation is 1. The zero-order valence-electron chi connectivity index (χ0n) is 7.25. The summed E-state index contributed by atoms with van der Waals surface area (Å²) < 4.78 is 5.16. The van der Waals surface area contributed by atoms with Crippen molar-refractivity contribution in [3.05, 3.63) is 16.4 Å². The topological polar surface area (TPSA) is 35.0 Å². The van der Waals surface area contributed by atoms with Gasteiger partial charge in [0.25, 0.3) is 0 Å². The van der Waals surface area contributed by atoms with Crippen LogP contribution < -0.4 is 13.6 Å². The van der Waals surface area contributed by atoms with Crippen molar-refractivity contribution >= 4 is 35.2 Å². The molecule has 13 heavy (non-hydrogen) atoms. The fourth-order valence-electron chi connectivity index (χ4n) is 1.43. The standard InChI is InChI=1S/C9H9IN2O/c1-6-11-8-5-3-2-4-7(8)9(12-6)13-10/h4-5H,2-3H2,1H3. The van der Waals surface area contributed by atoms with E-state index in [-0.39, 0.29) is 0 Å². The summed E-state index contributed by atoms with van der Waals surface area (Å²) in [6.45, 7) is 1.88. The number of hydrogen-bond donors (Lipinski definition) is 0. The lowest BCUT2D eigenvalue weighted by atomic mass is 10.1. The van der Waals surface area contributed by atoms with Gasteiger partial charge in [-0.2, -0.15) is 4.98 Å². The van der Waals surface area contributed by atoms with Crippen LogP contribution in [0.4, 0.5) is 0 Å². The summed E-state index contributed by atoms with van der Waals surface area (Å²) in [6.07, 6.45) is 6.36. The minimum absolute atomic E-state index is 0.680. The molecule has 0 N–H and O–H groups in total. The molecular formula is C9H9IN2O. The minimum Gasteiger partial charge on any atom is -0.407 e. The Labute approximate surface area is 90.2 Å². The van der Waals surface area contributed by atoms with Crippen LogP contribution in [0.1, 0.15) is 18.7 Å². The summed E-state index contributed by atoms with van der Waals surface area (Å²) in [6, 6.07) is 0. The second-order valence-electron chi connectivity index (χ2n) is 2.94. The maximum Gasteiger partial charge on any atom is 0.235 e. The smallest absolute Gasteiger partial charge is 0.235 e. The number of aromatic nitrogens is 2. The SMILES string of the molecule is Cc1nc(OI)c2c(n1)=CCCC=2. The summed E-state index contributed by atoms with van der Waals surface area (Å²) >= 11 is 1.85. The number of halogens is 1. The highest BCUT2D eigenvalue weighted by molar-refractivity contribution is 14.1. The van der Waals surface area contributed by atoms with Crippen LogP contribution >= 0.6 is 23.0 Å². The normalized spacial score (nSPS) is 14.0. The first-order chi connectivity index (χ1) is 6.31. The van der Waals surface area contributed by atoms with Gasteiger partial charge in [0.05, 0.1) is 10.6 Å². The molecular weight excluding hydrogens is 279 g/mol. The monoisotopic (exact) mass is 288 g/mol. The molecule has 0 saturated carbocycles. The van der Waals surface area contributed by atoms with Crippen molar-refractivity contribution in [2.75, 3.05) is 0 Å². The van der Waals surface area contributed by atoms with Gasteiger partial charge in [-0.25, -0.2) is 4.98 Å². The molecule has 1 aromatic rings. The van der Waals surface area contributed by atoms with Crippen LogP contribution in [0.3, 0.4) is 0 Å². The van der Waals surface area contributed by atoms with Crippen molar-refractivity contribution in [1.82, 2.24) is 9.97 Å². The zero-order valence-corrected chi connectivity index (χ0v) is 9.41. The molecule has 0 atom stereocenters. The van der Waals surface area contributed by atoms with Gasteiger partial charge in [0, 0.05) is 0 Å². The van der Waals surface area contributed by atoms with Gasteiger partial charge in [-0.3, -0.25) is 0 Å². The van der Waals surface area contributed by atoms with E-state index < -0.39 is 0 Å². The van der Waals surface area contributed by atoms with E-state index in [1.165, 1.54) is 0 Å². The van der Waals surface area contributed by atoms with E-state index in [0.29, 0.717) is 5.88 Å². The molecule has 4 heteroatoms. The zero-order chi connectivity index (χ0) is 9.26. The number of hydrogen-bond acceptors (Lipinski definition) is 3. The van der Waals surface area contributed by atoms with E-state index in [1.807, 2.05) is 29.9 Å². The van der Waals surface area contributed by atoms with Crippen LogP contribution in [0.25, 0.3) is 12.2 Å². The first-order valence-electron chi connectivity index (χ1n) is 4.15. The minimum atomic E-state index is 0.680. The Morgan fingerprint density at radius 3 is 2.85 bits per heavy atom. The number of rotatable bonds is 1. The maximum atomic E-state index is 5.16. The van der Waals surface area contributed by atoms with Crippen molar-refractivity contribution in [2.24, 2.45) is 0 Å². The first kappa shape index (κ1) is 8.93. The van der Waals surface area contributed by atoms with E-state index >= 15 is 0 Å². The molecule has 0 amide bonds. The summed E-state index contributed by atoms with van der Waals surface area (Å²) in [5, 5.41) is 2.04. The maximum absolute atomic E-state index is 5.16. The highest BCUT2D eigenvalue weighted by Crippen LogP contribution is 2.03. The predicted molar refractivity (Wildman–Crippen MR) is 58.8 cm³/mol. The van der Waals surface area contributed by atoms with Crippen LogP contribution in [0.5, 0.6) is 5.88 Å². The van der Waals surface area contributed by atoms with Gasteiger partial charge in [0.2, 0.25) is 5.88 Å². The molecule has 1 aromatic heterocycles. The Balaban J connectivity index is 2.79. The highest BCUT2D eigenvalue weighted by Gasteiger charge is 2.04. The van der Waals surface area contributed by atoms with Crippen molar-refractivity contribution < 1.29 is 3.07 Å². The lowest BCUT2D eigenvalue weighted by molar-refractivity contribution is 0.657. The average molecular weight is 288 g/mol. The van der Waals surface area contributed by atoms with E-state index in [1.54, 1.807) is 0 Å². The Bertz CT molecular complexity index is 442. The quantitative estimate of drug-likeness (QED) is 0.719. The molecule has 0 aromatic carbocycles. The van der Waals surface area contributed by atoms with Crippen LogP contribution in [0, 0.1) is 6.92 Å². The summed E-state index contributed by atoms with van der Waals surface area (Å²) in [7, 11) is 0. The molecule has 0 aliphatic heterocycles. The molecule has 2 rings (SSSR count). The van der Waals surface area contributed by atoms with Crippen LogP contribution in [-0.2, 0) is 0 Å². The highest BCUT2D eigenvalue weighted by atomic mass is 127. The Morgan fingerprint density at radius 2 is 2.08 bits per heavy atom. The van der Waals surface area contributed by atoms with Gasteiger partial charge in [-0.15, -0.1) is 0 Å². The fraction of sp³-hybridized carbons (Fsp3) is 0.333. The van der Waals surface area contributed by atoms with Gasteiger partial charge in [-0.1, -0.05) is 12.2 Å². The molecule has 1 aliphatic carbocycles. The van der Waals surface area contributed by atoms with E-state index in [9.17, 15) is 0 Å². The average Bonchev–Trinajstić information content (AvgIpc) is 2.16. The van der Waals surface area contributed by atoms with Gasteiger partial charge < -0.3 is 3.07 Å². The Morgan fingerprint density at radius 1 is 1.31 bits per heavy atom. The molecule has 1 heterocycles. The Hall–Kier alpha value is -0.650. The molecule has 0 spiro atoms. The molecule has 0 bridgehead atoms. The Kier molecular flexibility index (Phi) is 2.48. The summed E-state index contributed by atoms with van der Waals surface area (Å²) in [5.41, 5.74) is 0. The van der Waals surface area contributed by atoms with Crippen LogP contribution in [0.15, 0.2) is 0 Å². The largest absolute Gasteiger partial charge is 0.407 e. The van der Waals surface area contributed by atoms with Gasteiger partial charge >= 0.3 is 0 Å². The third kappa shape index (κ3) is 1.67. The fourth-order valence-corrected chi connectivity index (χ4v) is 1.77. The summed E-state index contributed by atoms with van der Waals surface area (Å²) in [5.74, 6) is 1.44. The lowest BCUT2D eigenvalue weighted by Crippen LogP contribution is -2.32. The van der Waals surface area contributed by atoms with Crippen molar-refractivity contribution in [2.45, 2.75) is 19.8 Å². The third-order valence-corrected chi connectivity index (χ3v) is 2.40. The van der Waals surface area contributed by atoms with Crippen molar-refractivity contribution in [1.29, 1.82) is 0 Å². The molecule has 68 valence electrons. The number of nitrogens with zero attached hydrogens (tertiary/aromatic N) is 2.